The summed E-state index contributed by atoms with van der Waals surface area (Å²) in [6, 6.07) is 11.4. The summed E-state index contributed by atoms with van der Waals surface area (Å²) >= 11 is 6.32. The summed E-state index contributed by atoms with van der Waals surface area (Å²) in [4.78, 5) is 28.1. The lowest BCUT2D eigenvalue weighted by Crippen LogP contribution is -2.43. The number of halogens is 1. The van der Waals surface area contributed by atoms with E-state index in [0.717, 1.165) is 23.6 Å². The average Bonchev–Trinajstić information content (AvgIpc) is 3.41. The number of rotatable bonds is 1. The molecule has 3 nitrogen and oxygen atoms in total. The van der Waals surface area contributed by atoms with E-state index in [1.54, 1.807) is 6.07 Å². The lowest BCUT2D eigenvalue weighted by atomic mass is 9.59. The van der Waals surface area contributed by atoms with Crippen molar-refractivity contribution in [3.63, 3.8) is 0 Å². The number of carbonyl (C=O) groups excluding carboxylic acids is 2. The predicted molar refractivity (Wildman–Crippen MR) is 96.2 cm³/mol. The molecule has 2 aromatic carbocycles. The van der Waals surface area contributed by atoms with E-state index in [0.29, 0.717) is 34.4 Å². The highest BCUT2D eigenvalue weighted by Gasteiger charge is 2.68. The topological polar surface area (TPSA) is 37.4 Å². The van der Waals surface area contributed by atoms with Gasteiger partial charge in [-0.05, 0) is 55.1 Å². The molecule has 2 amide bonds. The number of anilines is 1. The molecule has 5 aliphatic rings. The quantitative estimate of drug-likeness (QED) is 0.719. The fourth-order valence-electron chi connectivity index (χ4n) is 6.22. The second-order valence-corrected chi connectivity index (χ2v) is 8.55. The van der Waals surface area contributed by atoms with Crippen LogP contribution in [0.15, 0.2) is 36.4 Å². The van der Waals surface area contributed by atoms with Gasteiger partial charge in [0.2, 0.25) is 11.8 Å². The van der Waals surface area contributed by atoms with Gasteiger partial charge in [0.05, 0.1) is 17.5 Å². The van der Waals surface area contributed by atoms with Crippen molar-refractivity contribution in [2.75, 3.05) is 4.90 Å². The van der Waals surface area contributed by atoms with Crippen LogP contribution in [0.25, 0.3) is 10.8 Å². The molecule has 0 radical (unpaired) electrons. The van der Waals surface area contributed by atoms with E-state index < -0.39 is 0 Å². The van der Waals surface area contributed by atoms with E-state index in [1.165, 1.54) is 11.3 Å². The Hall–Kier alpha value is -1.87. The molecular weight excluding hydrogens is 334 g/mol. The molecule has 4 heteroatoms. The summed E-state index contributed by atoms with van der Waals surface area (Å²) in [7, 11) is 0. The molecule has 4 aliphatic carbocycles. The van der Waals surface area contributed by atoms with Crippen molar-refractivity contribution in [2.24, 2.45) is 35.5 Å². The van der Waals surface area contributed by atoms with Gasteiger partial charge >= 0.3 is 0 Å². The van der Waals surface area contributed by atoms with Gasteiger partial charge in [-0.25, -0.2) is 4.90 Å². The molecule has 4 saturated carbocycles. The number of amides is 2. The van der Waals surface area contributed by atoms with Crippen molar-refractivity contribution in [2.45, 2.75) is 19.3 Å². The monoisotopic (exact) mass is 351 g/mol. The van der Waals surface area contributed by atoms with Gasteiger partial charge in [-0.15, -0.1) is 0 Å². The summed E-state index contributed by atoms with van der Waals surface area (Å²) in [5.74, 6) is 2.18. The molecule has 25 heavy (non-hydrogen) atoms. The van der Waals surface area contributed by atoms with Crippen LogP contribution in [0.2, 0.25) is 5.02 Å². The van der Waals surface area contributed by atoms with Crippen LogP contribution >= 0.6 is 11.6 Å². The SMILES string of the molecule is O=C1C2C3CCC(C4CC43)C2C(=O)N1c1ccc(Cl)c2ccccc12. The lowest BCUT2D eigenvalue weighted by molar-refractivity contribution is -0.129. The van der Waals surface area contributed by atoms with E-state index in [9.17, 15) is 9.59 Å². The largest absolute Gasteiger partial charge is 0.274 e. The summed E-state index contributed by atoms with van der Waals surface area (Å²) < 4.78 is 0. The minimum Gasteiger partial charge on any atom is -0.274 e. The van der Waals surface area contributed by atoms with Crippen molar-refractivity contribution >= 4 is 39.9 Å². The molecular formula is C21H18ClNO2. The Morgan fingerprint density at radius 3 is 2.04 bits per heavy atom. The third kappa shape index (κ3) is 1.68. The minimum atomic E-state index is -0.0792. The standard InChI is InChI=1S/C21H18ClNO2/c22-16-7-8-17(11-4-2-1-3-10(11)16)23-20(24)18-12-5-6-13(15-9-14(12)15)19(18)21(23)25/h1-4,7-8,12-15,18-19H,5-6,9H2. The lowest BCUT2D eigenvalue weighted by Gasteiger charge is -2.42. The maximum Gasteiger partial charge on any atom is 0.238 e. The van der Waals surface area contributed by atoms with Gasteiger partial charge in [0, 0.05) is 15.8 Å². The average molecular weight is 352 g/mol. The number of fused-ring (bicyclic) bond motifs is 2. The molecule has 1 saturated heterocycles. The van der Waals surface area contributed by atoms with Crippen LogP contribution in [0.3, 0.4) is 0 Å². The second kappa shape index (κ2) is 4.64. The maximum atomic E-state index is 13.3. The van der Waals surface area contributed by atoms with E-state index in [-0.39, 0.29) is 23.7 Å². The smallest absolute Gasteiger partial charge is 0.238 e. The molecule has 1 heterocycles. The normalized spacial score (nSPS) is 38.2. The molecule has 7 rings (SSSR count). The van der Waals surface area contributed by atoms with Crippen LogP contribution in [0.1, 0.15) is 19.3 Å². The number of benzene rings is 2. The van der Waals surface area contributed by atoms with Crippen molar-refractivity contribution in [1.29, 1.82) is 0 Å². The van der Waals surface area contributed by atoms with E-state index in [4.69, 9.17) is 11.6 Å². The summed E-state index contributed by atoms with van der Waals surface area (Å²) in [5.41, 5.74) is 0.706. The van der Waals surface area contributed by atoms with Crippen LogP contribution in [0.4, 0.5) is 5.69 Å². The highest BCUT2D eigenvalue weighted by Crippen LogP contribution is 2.68. The first-order valence-electron chi connectivity index (χ1n) is 9.22. The van der Waals surface area contributed by atoms with E-state index in [2.05, 4.69) is 0 Å². The Morgan fingerprint density at radius 2 is 1.40 bits per heavy atom. The highest BCUT2D eigenvalue weighted by molar-refractivity contribution is 6.36. The van der Waals surface area contributed by atoms with Crippen LogP contribution < -0.4 is 4.90 Å². The zero-order valence-electron chi connectivity index (χ0n) is 13.7. The minimum absolute atomic E-state index is 0.0301. The zero-order valence-corrected chi connectivity index (χ0v) is 14.4. The molecule has 2 bridgehead atoms. The molecule has 0 spiro atoms. The summed E-state index contributed by atoms with van der Waals surface area (Å²) in [6.45, 7) is 0. The number of carbonyl (C=O) groups is 2. The molecule has 0 N–H and O–H groups in total. The van der Waals surface area contributed by atoms with E-state index >= 15 is 0 Å². The van der Waals surface area contributed by atoms with Gasteiger partial charge in [0.15, 0.2) is 0 Å². The van der Waals surface area contributed by atoms with E-state index in [1.807, 2.05) is 30.3 Å². The van der Waals surface area contributed by atoms with Crippen molar-refractivity contribution < 1.29 is 9.59 Å². The molecule has 0 aromatic heterocycles. The predicted octanol–water partition coefficient (Wildman–Crippen LogP) is 4.27. The van der Waals surface area contributed by atoms with Gasteiger partial charge in [0.25, 0.3) is 0 Å². The van der Waals surface area contributed by atoms with Crippen molar-refractivity contribution in [1.82, 2.24) is 0 Å². The molecule has 6 unspecified atom stereocenters. The Morgan fingerprint density at radius 1 is 0.800 bits per heavy atom. The molecule has 2 aromatic rings. The Labute approximate surface area is 150 Å². The van der Waals surface area contributed by atoms with Crippen LogP contribution in [-0.4, -0.2) is 11.8 Å². The first-order valence-corrected chi connectivity index (χ1v) is 9.59. The molecule has 1 aliphatic heterocycles. The number of imide groups is 1. The summed E-state index contributed by atoms with van der Waals surface area (Å²) in [5, 5.41) is 2.42. The fraction of sp³-hybridized carbons (Fsp3) is 0.429. The van der Waals surface area contributed by atoms with Crippen molar-refractivity contribution in [3.8, 4) is 0 Å². The molecule has 126 valence electrons. The Kier molecular flexibility index (Phi) is 2.66. The summed E-state index contributed by atoms with van der Waals surface area (Å²) in [6.07, 6.45) is 3.50. The van der Waals surface area contributed by atoms with Crippen LogP contribution in [-0.2, 0) is 9.59 Å². The first-order chi connectivity index (χ1) is 12.2. The third-order valence-corrected chi connectivity index (χ3v) is 7.56. The van der Waals surface area contributed by atoms with Gasteiger partial charge < -0.3 is 0 Å². The van der Waals surface area contributed by atoms with Crippen LogP contribution in [0, 0.1) is 35.5 Å². The molecule has 6 atom stereocenters. The van der Waals surface area contributed by atoms with Gasteiger partial charge in [-0.3, -0.25) is 9.59 Å². The second-order valence-electron chi connectivity index (χ2n) is 8.14. The maximum absolute atomic E-state index is 13.3. The van der Waals surface area contributed by atoms with Gasteiger partial charge in [0.1, 0.15) is 0 Å². The number of hydrogen-bond donors (Lipinski definition) is 0. The number of hydrogen-bond acceptors (Lipinski definition) is 2. The first kappa shape index (κ1) is 14.3. The third-order valence-electron chi connectivity index (χ3n) is 7.23. The van der Waals surface area contributed by atoms with Crippen molar-refractivity contribution in [3.05, 3.63) is 41.4 Å². The molecule has 5 fully saturated rings. The van der Waals surface area contributed by atoms with Gasteiger partial charge in [-0.1, -0.05) is 35.9 Å². The highest BCUT2D eigenvalue weighted by atomic mass is 35.5. The fourth-order valence-corrected chi connectivity index (χ4v) is 6.44. The van der Waals surface area contributed by atoms with Gasteiger partial charge in [-0.2, -0.15) is 0 Å². The number of nitrogens with zero attached hydrogens (tertiary/aromatic N) is 1. The van der Waals surface area contributed by atoms with Crippen LogP contribution in [0.5, 0.6) is 0 Å². The Balaban J connectivity index is 1.51. The zero-order chi connectivity index (χ0) is 16.9. The Bertz CT molecular complexity index is 920.